The molecule has 0 bridgehead atoms. The molecule has 1 atom stereocenters. The molecule has 0 spiro atoms. The Morgan fingerprint density at radius 2 is 1.81 bits per heavy atom. The molecule has 2 aliphatic rings. The average Bonchev–Trinajstić information content (AvgIpc) is 2.62. The van der Waals surface area contributed by atoms with Crippen molar-refractivity contribution < 1.29 is 0 Å². The van der Waals surface area contributed by atoms with Gasteiger partial charge in [0.15, 0.2) is 5.11 Å². The Labute approximate surface area is 181 Å². The van der Waals surface area contributed by atoms with E-state index >= 15 is 0 Å². The molecule has 0 saturated carbocycles. The lowest BCUT2D eigenvalue weighted by molar-refractivity contribution is 0.364. The van der Waals surface area contributed by atoms with Crippen LogP contribution in [-0.4, -0.2) is 30.1 Å². The van der Waals surface area contributed by atoms with E-state index in [-0.39, 0.29) is 6.04 Å². The Morgan fingerprint density at radius 1 is 1.07 bits per heavy atom. The number of nitrogens with one attached hydrogen (secondary N) is 2. The molecule has 0 amide bonds. The number of rotatable bonds is 2. The quantitative estimate of drug-likeness (QED) is 0.562. The highest BCUT2D eigenvalue weighted by molar-refractivity contribution is 9.10. The molecule has 0 aromatic heterocycles. The smallest absolute Gasteiger partial charge is 0.171 e. The molecule has 2 N–H and O–H groups in total. The molecule has 138 valence electrons. The lowest BCUT2D eigenvalue weighted by Gasteiger charge is -2.39. The Kier molecular flexibility index (Phi) is 5.50. The molecule has 2 aromatic carbocycles. The van der Waals surface area contributed by atoms with Crippen LogP contribution < -0.4 is 10.6 Å². The third-order valence-electron chi connectivity index (χ3n) is 4.76. The van der Waals surface area contributed by atoms with Gasteiger partial charge in [-0.3, -0.25) is 4.90 Å². The zero-order valence-corrected chi connectivity index (χ0v) is 18.8. The molecule has 2 heterocycles. The molecule has 1 unspecified atom stereocenters. The molecule has 0 aliphatic carbocycles. The number of thiocarbonyl (C=S) groups is 1. The van der Waals surface area contributed by atoms with Crippen molar-refractivity contribution in [2.24, 2.45) is 0 Å². The summed E-state index contributed by atoms with van der Waals surface area (Å²) in [5.74, 6) is 0. The van der Waals surface area contributed by atoms with E-state index in [0.717, 1.165) is 27.7 Å². The fraction of sp³-hybridized carbons (Fsp3) is 0.190. The second-order valence-electron chi connectivity index (χ2n) is 6.88. The molecule has 6 heteroatoms. The van der Waals surface area contributed by atoms with E-state index in [0.29, 0.717) is 5.11 Å². The molecule has 2 aromatic rings. The largest absolute Gasteiger partial charge is 0.352 e. The highest BCUT2D eigenvalue weighted by Crippen LogP contribution is 2.34. The van der Waals surface area contributed by atoms with Crippen molar-refractivity contribution in [1.29, 1.82) is 0 Å². The van der Waals surface area contributed by atoms with E-state index in [1.54, 1.807) is 0 Å². The van der Waals surface area contributed by atoms with Crippen molar-refractivity contribution in [2.45, 2.75) is 6.04 Å². The second kappa shape index (κ2) is 7.87. The predicted octanol–water partition coefficient (Wildman–Crippen LogP) is 5.01. The summed E-state index contributed by atoms with van der Waals surface area (Å²) in [6, 6.07) is 16.8. The standard InChI is InChI=1S/C21H19Br2N3S/c1-26-11-15(8-13-4-2-6-16(22)9-13)20-18(12-26)19(24-21(27)25-20)14-5-3-7-17(23)10-14/h2-10,19H,11-12H2,1H3,(H2,24,25,27)/b15-8+. The van der Waals surface area contributed by atoms with Crippen LogP contribution in [-0.2, 0) is 0 Å². The highest BCUT2D eigenvalue weighted by atomic mass is 79.9. The van der Waals surface area contributed by atoms with Crippen molar-refractivity contribution in [1.82, 2.24) is 15.5 Å². The van der Waals surface area contributed by atoms with Crippen LogP contribution in [0.3, 0.4) is 0 Å². The second-order valence-corrected chi connectivity index (χ2v) is 9.12. The molecule has 0 radical (unpaired) electrons. The van der Waals surface area contributed by atoms with Crippen LogP contribution in [0.25, 0.3) is 6.08 Å². The number of likely N-dealkylation sites (N-methyl/N-ethyl adjacent to an activating group) is 1. The summed E-state index contributed by atoms with van der Waals surface area (Å²) in [4.78, 5) is 2.34. The van der Waals surface area contributed by atoms with Gasteiger partial charge in [-0.15, -0.1) is 0 Å². The van der Waals surface area contributed by atoms with E-state index in [4.69, 9.17) is 12.2 Å². The fourth-order valence-electron chi connectivity index (χ4n) is 3.65. The summed E-state index contributed by atoms with van der Waals surface area (Å²) in [7, 11) is 2.16. The lowest BCUT2D eigenvalue weighted by atomic mass is 9.89. The third-order valence-corrected chi connectivity index (χ3v) is 5.96. The van der Waals surface area contributed by atoms with E-state index in [1.807, 2.05) is 12.1 Å². The maximum Gasteiger partial charge on any atom is 0.171 e. The van der Waals surface area contributed by atoms with Crippen LogP contribution in [0.15, 0.2) is 74.3 Å². The summed E-state index contributed by atoms with van der Waals surface area (Å²) in [6.07, 6.45) is 2.24. The Morgan fingerprint density at radius 3 is 2.56 bits per heavy atom. The van der Waals surface area contributed by atoms with Gasteiger partial charge in [0.25, 0.3) is 0 Å². The Bertz CT molecular complexity index is 967. The number of hydrogen-bond donors (Lipinski definition) is 2. The van der Waals surface area contributed by atoms with Crippen molar-refractivity contribution in [3.05, 3.63) is 85.4 Å². The van der Waals surface area contributed by atoms with E-state index in [9.17, 15) is 0 Å². The summed E-state index contributed by atoms with van der Waals surface area (Å²) in [5.41, 5.74) is 6.10. The number of halogens is 2. The summed E-state index contributed by atoms with van der Waals surface area (Å²) in [5, 5.41) is 7.54. The van der Waals surface area contributed by atoms with Crippen LogP contribution in [0, 0.1) is 0 Å². The van der Waals surface area contributed by atoms with Gasteiger partial charge in [0.2, 0.25) is 0 Å². The van der Waals surface area contributed by atoms with Gasteiger partial charge in [0.05, 0.1) is 6.04 Å². The van der Waals surface area contributed by atoms with Crippen molar-refractivity contribution >= 4 is 55.3 Å². The van der Waals surface area contributed by atoms with Crippen LogP contribution in [0.1, 0.15) is 17.2 Å². The molecule has 2 aliphatic heterocycles. The minimum Gasteiger partial charge on any atom is -0.352 e. The molecule has 27 heavy (non-hydrogen) atoms. The monoisotopic (exact) mass is 503 g/mol. The molecule has 4 rings (SSSR count). The zero-order chi connectivity index (χ0) is 19.0. The lowest BCUT2D eigenvalue weighted by Crippen LogP contribution is -2.49. The maximum absolute atomic E-state index is 5.54. The van der Waals surface area contributed by atoms with Gasteiger partial charge in [0, 0.05) is 27.7 Å². The van der Waals surface area contributed by atoms with Crippen molar-refractivity contribution in [3.63, 3.8) is 0 Å². The maximum atomic E-state index is 5.54. The van der Waals surface area contributed by atoms with Gasteiger partial charge in [-0.2, -0.15) is 0 Å². The first-order valence-corrected chi connectivity index (χ1v) is 10.7. The van der Waals surface area contributed by atoms with Gasteiger partial charge in [-0.05, 0) is 71.9 Å². The summed E-state index contributed by atoms with van der Waals surface area (Å²) in [6.45, 7) is 1.77. The van der Waals surface area contributed by atoms with Crippen molar-refractivity contribution in [3.8, 4) is 0 Å². The fourth-order valence-corrected chi connectivity index (χ4v) is 4.71. The topological polar surface area (TPSA) is 27.3 Å². The number of hydrogen-bond acceptors (Lipinski definition) is 2. The molecule has 3 nitrogen and oxygen atoms in total. The van der Waals surface area contributed by atoms with Gasteiger partial charge in [-0.1, -0.05) is 56.1 Å². The average molecular weight is 505 g/mol. The van der Waals surface area contributed by atoms with Crippen LogP contribution >= 0.6 is 44.1 Å². The van der Waals surface area contributed by atoms with Gasteiger partial charge < -0.3 is 10.6 Å². The number of benzene rings is 2. The molecular formula is C21H19Br2N3S. The first kappa shape index (κ1) is 18.9. The Hall–Kier alpha value is -1.47. The normalized spacial score (nSPS) is 21.7. The summed E-state index contributed by atoms with van der Waals surface area (Å²) >= 11 is 12.7. The zero-order valence-electron chi connectivity index (χ0n) is 14.8. The van der Waals surface area contributed by atoms with E-state index in [2.05, 4.69) is 96.9 Å². The van der Waals surface area contributed by atoms with E-state index < -0.39 is 0 Å². The Balaban J connectivity index is 1.81. The van der Waals surface area contributed by atoms with Gasteiger partial charge in [0.1, 0.15) is 0 Å². The summed E-state index contributed by atoms with van der Waals surface area (Å²) < 4.78 is 2.15. The number of nitrogens with zero attached hydrogens (tertiary/aromatic N) is 1. The first-order valence-electron chi connectivity index (χ1n) is 8.70. The predicted molar refractivity (Wildman–Crippen MR) is 122 cm³/mol. The van der Waals surface area contributed by atoms with Crippen molar-refractivity contribution in [2.75, 3.05) is 20.1 Å². The van der Waals surface area contributed by atoms with Crippen LogP contribution in [0.5, 0.6) is 0 Å². The van der Waals surface area contributed by atoms with Gasteiger partial charge >= 0.3 is 0 Å². The SMILES string of the molecule is CN1CC2=C(NC(=S)NC2c2cccc(Br)c2)/C(=C/c2cccc(Br)c2)C1. The molecular weight excluding hydrogens is 486 g/mol. The first-order chi connectivity index (χ1) is 13.0. The van der Waals surface area contributed by atoms with Crippen LogP contribution in [0.4, 0.5) is 0 Å². The third kappa shape index (κ3) is 4.19. The van der Waals surface area contributed by atoms with Gasteiger partial charge in [-0.25, -0.2) is 0 Å². The highest BCUT2D eigenvalue weighted by Gasteiger charge is 2.32. The van der Waals surface area contributed by atoms with E-state index in [1.165, 1.54) is 22.3 Å². The molecule has 0 fully saturated rings. The minimum absolute atomic E-state index is 0.0694. The minimum atomic E-state index is 0.0694. The van der Waals surface area contributed by atoms with Crippen LogP contribution in [0.2, 0.25) is 0 Å². The molecule has 0 saturated heterocycles.